The summed E-state index contributed by atoms with van der Waals surface area (Å²) in [6.45, 7) is 2.69. The number of benzene rings is 1. The SMILES string of the molecule is Cc1c(C(=O)NCC2CCC2)oc2ccc(Br)cc12. The largest absolute Gasteiger partial charge is 0.451 e. The molecule has 0 atom stereocenters. The molecule has 1 aliphatic rings. The molecule has 1 aliphatic carbocycles. The van der Waals surface area contributed by atoms with Crippen LogP contribution < -0.4 is 5.32 Å². The smallest absolute Gasteiger partial charge is 0.287 e. The molecular formula is C15H16BrNO2. The molecule has 0 unspecified atom stereocenters. The highest BCUT2D eigenvalue weighted by Crippen LogP contribution is 2.28. The molecule has 1 saturated carbocycles. The fourth-order valence-corrected chi connectivity index (χ4v) is 2.79. The van der Waals surface area contributed by atoms with Crippen LogP contribution in [-0.2, 0) is 0 Å². The van der Waals surface area contributed by atoms with E-state index in [-0.39, 0.29) is 5.91 Å². The van der Waals surface area contributed by atoms with Gasteiger partial charge in [0.05, 0.1) is 0 Å². The summed E-state index contributed by atoms with van der Waals surface area (Å²) in [4.78, 5) is 12.1. The van der Waals surface area contributed by atoms with Gasteiger partial charge in [-0.05, 0) is 43.9 Å². The van der Waals surface area contributed by atoms with Gasteiger partial charge in [0.25, 0.3) is 5.91 Å². The summed E-state index contributed by atoms with van der Waals surface area (Å²) in [5.41, 5.74) is 1.66. The highest BCUT2D eigenvalue weighted by atomic mass is 79.9. The minimum absolute atomic E-state index is 0.100. The second kappa shape index (κ2) is 5.00. The number of amides is 1. The molecule has 2 aromatic rings. The first-order valence-electron chi connectivity index (χ1n) is 6.62. The van der Waals surface area contributed by atoms with Gasteiger partial charge in [-0.2, -0.15) is 0 Å². The van der Waals surface area contributed by atoms with Gasteiger partial charge in [-0.1, -0.05) is 22.4 Å². The van der Waals surface area contributed by atoms with Crippen molar-refractivity contribution in [2.75, 3.05) is 6.54 Å². The van der Waals surface area contributed by atoms with Gasteiger partial charge in [-0.25, -0.2) is 0 Å². The number of rotatable bonds is 3. The first kappa shape index (κ1) is 12.7. The van der Waals surface area contributed by atoms with Crippen LogP contribution in [0.2, 0.25) is 0 Å². The monoisotopic (exact) mass is 321 g/mol. The van der Waals surface area contributed by atoms with Gasteiger partial charge in [0.2, 0.25) is 0 Å². The Morgan fingerprint density at radius 2 is 2.26 bits per heavy atom. The third-order valence-corrected chi connectivity index (χ3v) is 4.37. The number of furan rings is 1. The van der Waals surface area contributed by atoms with E-state index in [2.05, 4.69) is 21.2 Å². The van der Waals surface area contributed by atoms with Crippen LogP contribution in [0.25, 0.3) is 11.0 Å². The van der Waals surface area contributed by atoms with Crippen molar-refractivity contribution >= 4 is 32.8 Å². The summed E-state index contributed by atoms with van der Waals surface area (Å²) in [6, 6.07) is 5.79. The zero-order valence-corrected chi connectivity index (χ0v) is 12.4. The molecule has 1 N–H and O–H groups in total. The van der Waals surface area contributed by atoms with Crippen molar-refractivity contribution in [3.8, 4) is 0 Å². The Bertz CT molecular complexity index is 628. The lowest BCUT2D eigenvalue weighted by molar-refractivity contribution is 0.0912. The maximum Gasteiger partial charge on any atom is 0.287 e. The van der Waals surface area contributed by atoms with Crippen LogP contribution in [0.15, 0.2) is 27.1 Å². The third-order valence-electron chi connectivity index (χ3n) is 3.88. The topological polar surface area (TPSA) is 42.2 Å². The molecule has 4 heteroatoms. The van der Waals surface area contributed by atoms with E-state index >= 15 is 0 Å². The Morgan fingerprint density at radius 1 is 1.47 bits per heavy atom. The van der Waals surface area contributed by atoms with Gasteiger partial charge in [0.15, 0.2) is 5.76 Å². The van der Waals surface area contributed by atoms with E-state index in [9.17, 15) is 4.79 Å². The van der Waals surface area contributed by atoms with E-state index in [1.165, 1.54) is 19.3 Å². The maximum atomic E-state index is 12.1. The maximum absolute atomic E-state index is 12.1. The second-order valence-electron chi connectivity index (χ2n) is 5.20. The van der Waals surface area contributed by atoms with Crippen molar-refractivity contribution < 1.29 is 9.21 Å². The van der Waals surface area contributed by atoms with E-state index in [0.717, 1.165) is 27.6 Å². The van der Waals surface area contributed by atoms with Gasteiger partial charge in [-0.15, -0.1) is 0 Å². The summed E-state index contributed by atoms with van der Waals surface area (Å²) in [5, 5.41) is 3.96. The van der Waals surface area contributed by atoms with Gasteiger partial charge in [-0.3, -0.25) is 4.79 Å². The van der Waals surface area contributed by atoms with Gasteiger partial charge < -0.3 is 9.73 Å². The van der Waals surface area contributed by atoms with E-state index in [1.54, 1.807) is 0 Å². The van der Waals surface area contributed by atoms with E-state index in [1.807, 2.05) is 25.1 Å². The van der Waals surface area contributed by atoms with Crippen molar-refractivity contribution in [2.45, 2.75) is 26.2 Å². The van der Waals surface area contributed by atoms with Gasteiger partial charge >= 0.3 is 0 Å². The van der Waals surface area contributed by atoms with Crippen LogP contribution >= 0.6 is 15.9 Å². The van der Waals surface area contributed by atoms with Crippen LogP contribution in [0.1, 0.15) is 35.4 Å². The van der Waals surface area contributed by atoms with E-state index in [4.69, 9.17) is 4.42 Å². The first-order valence-corrected chi connectivity index (χ1v) is 7.41. The highest BCUT2D eigenvalue weighted by Gasteiger charge is 2.21. The second-order valence-corrected chi connectivity index (χ2v) is 6.12. The Morgan fingerprint density at radius 3 is 2.95 bits per heavy atom. The zero-order chi connectivity index (χ0) is 13.4. The molecule has 3 rings (SSSR count). The molecule has 100 valence electrons. The molecule has 1 aromatic heterocycles. The molecule has 1 aromatic carbocycles. The Balaban J connectivity index is 1.83. The van der Waals surface area contributed by atoms with Gasteiger partial charge in [0.1, 0.15) is 5.58 Å². The van der Waals surface area contributed by atoms with Crippen molar-refractivity contribution in [1.29, 1.82) is 0 Å². The predicted molar refractivity (Wildman–Crippen MR) is 78.3 cm³/mol. The number of hydrogen-bond acceptors (Lipinski definition) is 2. The zero-order valence-electron chi connectivity index (χ0n) is 10.8. The summed E-state index contributed by atoms with van der Waals surface area (Å²) in [7, 11) is 0. The summed E-state index contributed by atoms with van der Waals surface area (Å²) >= 11 is 3.44. The number of aryl methyl sites for hydroxylation is 1. The summed E-state index contributed by atoms with van der Waals surface area (Å²) in [6.07, 6.45) is 3.75. The minimum Gasteiger partial charge on any atom is -0.451 e. The Kier molecular flexibility index (Phi) is 3.35. The molecule has 0 saturated heterocycles. The predicted octanol–water partition coefficient (Wildman–Crippen LogP) is 4.03. The third kappa shape index (κ3) is 2.41. The number of carbonyl (C=O) groups excluding carboxylic acids is 1. The Hall–Kier alpha value is -1.29. The normalized spacial score (nSPS) is 15.5. The van der Waals surface area contributed by atoms with Crippen molar-refractivity contribution in [3.63, 3.8) is 0 Å². The molecular weight excluding hydrogens is 306 g/mol. The minimum atomic E-state index is -0.100. The average molecular weight is 322 g/mol. The molecule has 1 fully saturated rings. The van der Waals surface area contributed by atoms with Crippen LogP contribution in [0.5, 0.6) is 0 Å². The molecule has 0 radical (unpaired) electrons. The summed E-state index contributed by atoms with van der Waals surface area (Å²) in [5.74, 6) is 0.993. The van der Waals surface area contributed by atoms with Crippen LogP contribution in [0, 0.1) is 12.8 Å². The highest BCUT2D eigenvalue weighted by molar-refractivity contribution is 9.10. The van der Waals surface area contributed by atoms with Crippen molar-refractivity contribution in [3.05, 3.63) is 34.0 Å². The lowest BCUT2D eigenvalue weighted by atomic mass is 9.85. The lowest BCUT2D eigenvalue weighted by Gasteiger charge is -2.25. The fraction of sp³-hybridized carbons (Fsp3) is 0.400. The van der Waals surface area contributed by atoms with E-state index in [0.29, 0.717) is 11.7 Å². The molecule has 1 heterocycles. The molecule has 0 bridgehead atoms. The molecule has 0 spiro atoms. The number of nitrogens with one attached hydrogen (secondary N) is 1. The molecule has 3 nitrogen and oxygen atoms in total. The van der Waals surface area contributed by atoms with Crippen LogP contribution in [0.3, 0.4) is 0 Å². The Labute approximate surface area is 120 Å². The first-order chi connectivity index (χ1) is 9.15. The van der Waals surface area contributed by atoms with E-state index < -0.39 is 0 Å². The number of hydrogen-bond donors (Lipinski definition) is 1. The average Bonchev–Trinajstić information content (AvgIpc) is 2.65. The molecule has 0 aliphatic heterocycles. The quantitative estimate of drug-likeness (QED) is 0.927. The van der Waals surface area contributed by atoms with Crippen molar-refractivity contribution in [1.82, 2.24) is 5.32 Å². The van der Waals surface area contributed by atoms with Crippen molar-refractivity contribution in [2.24, 2.45) is 5.92 Å². The van der Waals surface area contributed by atoms with Crippen LogP contribution in [-0.4, -0.2) is 12.5 Å². The molecule has 19 heavy (non-hydrogen) atoms. The number of fused-ring (bicyclic) bond motifs is 1. The fourth-order valence-electron chi connectivity index (χ4n) is 2.42. The number of halogens is 1. The van der Waals surface area contributed by atoms with Gasteiger partial charge in [0, 0.05) is 22.0 Å². The van der Waals surface area contributed by atoms with Crippen LogP contribution in [0.4, 0.5) is 0 Å². The summed E-state index contributed by atoms with van der Waals surface area (Å²) < 4.78 is 6.66. The standard InChI is InChI=1S/C15H16BrNO2/c1-9-12-7-11(16)5-6-13(12)19-14(9)15(18)17-8-10-3-2-4-10/h5-7,10H,2-4,8H2,1H3,(H,17,18). The molecule has 1 amide bonds. The lowest BCUT2D eigenvalue weighted by Crippen LogP contribution is -2.32. The number of carbonyl (C=O) groups is 1.